The second-order valence-electron chi connectivity index (χ2n) is 8.69. The first-order chi connectivity index (χ1) is 16.1. The number of pyridine rings is 2. The number of amides is 1. The molecular formula is C27H27N5O. The molecule has 1 aliphatic rings. The molecule has 1 atom stereocenters. The molecule has 0 bridgehead atoms. The number of piperidine rings is 1. The number of aryl methyl sites for hydroxylation is 2. The average Bonchev–Trinajstić information content (AvgIpc) is 3.22. The molecule has 0 radical (unpaired) electrons. The van der Waals surface area contributed by atoms with Crippen LogP contribution in [0, 0.1) is 13.8 Å². The number of imidazole rings is 1. The zero-order valence-corrected chi connectivity index (χ0v) is 19.0. The van der Waals surface area contributed by atoms with Gasteiger partial charge in [-0.3, -0.25) is 14.8 Å². The highest BCUT2D eigenvalue weighted by atomic mass is 16.2. The first-order valence-corrected chi connectivity index (χ1v) is 11.4. The first kappa shape index (κ1) is 21.1. The van der Waals surface area contributed by atoms with Gasteiger partial charge in [0.2, 0.25) is 0 Å². The summed E-state index contributed by atoms with van der Waals surface area (Å²) in [6.45, 7) is 5.49. The Morgan fingerprint density at radius 2 is 1.91 bits per heavy atom. The maximum atomic E-state index is 13.3. The largest absolute Gasteiger partial charge is 0.341 e. The van der Waals surface area contributed by atoms with Crippen LogP contribution in [0.1, 0.15) is 46.1 Å². The summed E-state index contributed by atoms with van der Waals surface area (Å²) >= 11 is 0. The number of nitrogens with one attached hydrogen (secondary N) is 1. The van der Waals surface area contributed by atoms with Gasteiger partial charge in [-0.2, -0.15) is 0 Å². The molecule has 0 saturated carbocycles. The Morgan fingerprint density at radius 1 is 1.06 bits per heavy atom. The number of aromatic nitrogens is 4. The van der Waals surface area contributed by atoms with Gasteiger partial charge in [0, 0.05) is 48.9 Å². The molecule has 0 aliphatic carbocycles. The van der Waals surface area contributed by atoms with E-state index >= 15 is 0 Å². The van der Waals surface area contributed by atoms with E-state index in [2.05, 4.69) is 44.2 Å². The second kappa shape index (κ2) is 8.98. The number of benzene rings is 1. The monoisotopic (exact) mass is 437 g/mol. The summed E-state index contributed by atoms with van der Waals surface area (Å²) in [5.41, 5.74) is 6.51. The van der Waals surface area contributed by atoms with E-state index in [4.69, 9.17) is 0 Å². The van der Waals surface area contributed by atoms with Gasteiger partial charge in [0.25, 0.3) is 5.91 Å². The van der Waals surface area contributed by atoms with Crippen LogP contribution in [0.2, 0.25) is 0 Å². The zero-order valence-electron chi connectivity index (χ0n) is 19.0. The predicted molar refractivity (Wildman–Crippen MR) is 129 cm³/mol. The van der Waals surface area contributed by atoms with E-state index in [0.29, 0.717) is 11.5 Å². The molecule has 1 amide bonds. The molecule has 6 heteroatoms. The molecule has 6 nitrogen and oxygen atoms in total. The number of H-pyrrole nitrogens is 1. The van der Waals surface area contributed by atoms with Crippen molar-refractivity contribution in [1.29, 1.82) is 0 Å². The third kappa shape index (κ3) is 4.42. The van der Waals surface area contributed by atoms with E-state index in [1.165, 1.54) is 5.56 Å². The van der Waals surface area contributed by atoms with Crippen molar-refractivity contribution in [3.63, 3.8) is 0 Å². The van der Waals surface area contributed by atoms with Crippen molar-refractivity contribution in [2.45, 2.75) is 32.6 Å². The standard InChI is InChI=1S/C27H27N5O/c1-18-19(2)31-26(30-18)25-14-21(10-11-29-25)23-13-24(16-28-15-23)27(33)32-12-6-9-22(17-32)20-7-4-3-5-8-20/h3-5,7-8,10-11,13-16,22H,6,9,12,17H2,1-2H3,(H,30,31). The van der Waals surface area contributed by atoms with Crippen LogP contribution in [0.25, 0.3) is 22.6 Å². The Labute approximate surface area is 193 Å². The van der Waals surface area contributed by atoms with Crippen LogP contribution in [0.4, 0.5) is 0 Å². The van der Waals surface area contributed by atoms with E-state index < -0.39 is 0 Å². The molecule has 33 heavy (non-hydrogen) atoms. The van der Waals surface area contributed by atoms with Crippen molar-refractivity contribution in [3.05, 3.63) is 89.6 Å². The topological polar surface area (TPSA) is 74.8 Å². The van der Waals surface area contributed by atoms with Gasteiger partial charge >= 0.3 is 0 Å². The summed E-state index contributed by atoms with van der Waals surface area (Å²) < 4.78 is 0. The second-order valence-corrected chi connectivity index (χ2v) is 8.69. The minimum absolute atomic E-state index is 0.0385. The van der Waals surface area contributed by atoms with Crippen LogP contribution in [0.5, 0.6) is 0 Å². The highest BCUT2D eigenvalue weighted by Gasteiger charge is 2.25. The van der Waals surface area contributed by atoms with Crippen LogP contribution >= 0.6 is 0 Å². The SMILES string of the molecule is Cc1nc(-c2cc(-c3cncc(C(=O)N4CCCC(c5ccccc5)C4)c3)ccn2)[nH]c1C. The number of aromatic amines is 1. The molecule has 4 heterocycles. The van der Waals surface area contributed by atoms with Gasteiger partial charge in [-0.15, -0.1) is 0 Å². The number of nitrogens with zero attached hydrogens (tertiary/aromatic N) is 4. The summed E-state index contributed by atoms with van der Waals surface area (Å²) in [6.07, 6.45) is 7.34. The fourth-order valence-electron chi connectivity index (χ4n) is 4.46. The van der Waals surface area contributed by atoms with Crippen molar-refractivity contribution in [2.75, 3.05) is 13.1 Å². The van der Waals surface area contributed by atoms with Gasteiger partial charge in [-0.1, -0.05) is 30.3 Å². The highest BCUT2D eigenvalue weighted by Crippen LogP contribution is 2.29. The molecule has 0 spiro atoms. The number of carbonyl (C=O) groups is 1. The van der Waals surface area contributed by atoms with Gasteiger partial charge in [0.1, 0.15) is 5.69 Å². The van der Waals surface area contributed by atoms with E-state index in [0.717, 1.165) is 60.0 Å². The Hall–Kier alpha value is -3.80. The maximum absolute atomic E-state index is 13.3. The highest BCUT2D eigenvalue weighted by molar-refractivity contribution is 5.95. The van der Waals surface area contributed by atoms with Crippen molar-refractivity contribution in [2.24, 2.45) is 0 Å². The van der Waals surface area contributed by atoms with Crippen molar-refractivity contribution >= 4 is 5.91 Å². The van der Waals surface area contributed by atoms with Crippen molar-refractivity contribution < 1.29 is 4.79 Å². The third-order valence-electron chi connectivity index (χ3n) is 6.43. The molecule has 3 aromatic heterocycles. The minimum atomic E-state index is 0.0385. The van der Waals surface area contributed by atoms with Gasteiger partial charge in [0.05, 0.1) is 11.3 Å². The molecule has 1 fully saturated rings. The fourth-order valence-corrected chi connectivity index (χ4v) is 4.46. The maximum Gasteiger partial charge on any atom is 0.255 e. The Balaban J connectivity index is 1.38. The molecular weight excluding hydrogens is 410 g/mol. The van der Waals surface area contributed by atoms with Crippen LogP contribution in [0.15, 0.2) is 67.1 Å². The lowest BCUT2D eigenvalue weighted by Crippen LogP contribution is -2.39. The predicted octanol–water partition coefficient (Wildman–Crippen LogP) is 5.17. The Morgan fingerprint density at radius 3 is 2.70 bits per heavy atom. The lowest BCUT2D eigenvalue weighted by molar-refractivity contribution is 0.0706. The van der Waals surface area contributed by atoms with Crippen LogP contribution in [-0.4, -0.2) is 43.8 Å². The first-order valence-electron chi connectivity index (χ1n) is 11.4. The summed E-state index contributed by atoms with van der Waals surface area (Å²) in [7, 11) is 0. The molecule has 1 N–H and O–H groups in total. The van der Waals surface area contributed by atoms with E-state index in [1.807, 2.05) is 43.0 Å². The fraction of sp³-hybridized carbons (Fsp3) is 0.259. The number of carbonyl (C=O) groups excluding carboxylic acids is 1. The van der Waals surface area contributed by atoms with Gasteiger partial charge in [-0.25, -0.2) is 4.98 Å². The minimum Gasteiger partial charge on any atom is -0.341 e. The molecule has 1 saturated heterocycles. The zero-order chi connectivity index (χ0) is 22.8. The number of rotatable bonds is 4. The summed E-state index contributed by atoms with van der Waals surface area (Å²) in [4.78, 5) is 32.0. The van der Waals surface area contributed by atoms with Crippen molar-refractivity contribution in [3.8, 4) is 22.6 Å². The third-order valence-corrected chi connectivity index (χ3v) is 6.43. The number of likely N-dealkylation sites (tertiary alicyclic amines) is 1. The molecule has 166 valence electrons. The van der Waals surface area contributed by atoms with Crippen molar-refractivity contribution in [1.82, 2.24) is 24.8 Å². The Kier molecular flexibility index (Phi) is 5.73. The van der Waals surface area contributed by atoms with Crippen LogP contribution < -0.4 is 0 Å². The van der Waals surface area contributed by atoms with Crippen LogP contribution in [-0.2, 0) is 0 Å². The smallest absolute Gasteiger partial charge is 0.255 e. The normalized spacial score (nSPS) is 16.1. The van der Waals surface area contributed by atoms with E-state index in [1.54, 1.807) is 18.6 Å². The Bertz CT molecular complexity index is 1260. The van der Waals surface area contributed by atoms with Gasteiger partial charge in [0.15, 0.2) is 5.82 Å². The molecule has 1 unspecified atom stereocenters. The molecule has 5 rings (SSSR count). The lowest BCUT2D eigenvalue weighted by Gasteiger charge is -2.33. The molecule has 4 aromatic rings. The van der Waals surface area contributed by atoms with Gasteiger partial charge < -0.3 is 9.88 Å². The lowest BCUT2D eigenvalue weighted by atomic mass is 9.90. The number of hydrogen-bond acceptors (Lipinski definition) is 4. The van der Waals surface area contributed by atoms with E-state index in [9.17, 15) is 4.79 Å². The average molecular weight is 438 g/mol. The summed E-state index contributed by atoms with van der Waals surface area (Å²) in [5.74, 6) is 1.16. The quantitative estimate of drug-likeness (QED) is 0.478. The summed E-state index contributed by atoms with van der Waals surface area (Å²) in [6, 6.07) is 16.3. The van der Waals surface area contributed by atoms with E-state index in [-0.39, 0.29) is 5.91 Å². The number of hydrogen-bond donors (Lipinski definition) is 1. The molecule has 1 aromatic carbocycles. The molecule has 1 aliphatic heterocycles. The summed E-state index contributed by atoms with van der Waals surface area (Å²) in [5, 5.41) is 0. The van der Waals surface area contributed by atoms with Crippen LogP contribution in [0.3, 0.4) is 0 Å². The van der Waals surface area contributed by atoms with Gasteiger partial charge in [-0.05, 0) is 56.0 Å².